The monoisotopic (exact) mass is 302 g/mol. The molecule has 3 aromatic heterocycles. The second-order valence-electron chi connectivity index (χ2n) is 4.17. The molecule has 0 bridgehead atoms. The largest absolute Gasteiger partial charge is 0.478 e. The van der Waals surface area contributed by atoms with E-state index in [9.17, 15) is 4.79 Å². The van der Waals surface area contributed by atoms with E-state index in [0.29, 0.717) is 5.56 Å². The van der Waals surface area contributed by atoms with Gasteiger partial charge in [-0.2, -0.15) is 0 Å². The fourth-order valence-electron chi connectivity index (χ4n) is 1.77. The molecule has 0 radical (unpaired) electrons. The first-order chi connectivity index (χ1) is 9.72. The van der Waals surface area contributed by atoms with E-state index in [-0.39, 0.29) is 0 Å². The number of rotatable bonds is 4. The van der Waals surface area contributed by atoms with Crippen molar-refractivity contribution in [2.75, 3.05) is 0 Å². The lowest BCUT2D eigenvalue weighted by Crippen LogP contribution is -1.91. The maximum Gasteiger partial charge on any atom is 0.336 e. The van der Waals surface area contributed by atoms with Crippen LogP contribution in [0.15, 0.2) is 41.4 Å². The van der Waals surface area contributed by atoms with E-state index in [0.717, 1.165) is 27.6 Å². The van der Waals surface area contributed by atoms with Gasteiger partial charge in [0, 0.05) is 29.6 Å². The van der Waals surface area contributed by atoms with Gasteiger partial charge in [-0.3, -0.25) is 4.98 Å². The van der Waals surface area contributed by atoms with E-state index in [1.165, 1.54) is 11.3 Å². The molecular weight excluding hydrogens is 292 g/mol. The lowest BCUT2D eigenvalue weighted by Gasteiger charge is -1.95. The van der Waals surface area contributed by atoms with Gasteiger partial charge in [0.15, 0.2) is 0 Å². The summed E-state index contributed by atoms with van der Waals surface area (Å²) in [5, 5.41) is 13.5. The molecule has 0 atom stereocenters. The molecule has 3 heterocycles. The highest BCUT2D eigenvalue weighted by Gasteiger charge is 2.11. The average molecular weight is 302 g/mol. The fraction of sp³-hybridized carbons (Fsp3) is 0.0714. The Kier molecular flexibility index (Phi) is 3.58. The molecule has 0 aromatic carbocycles. The topological polar surface area (TPSA) is 63.1 Å². The number of thiophene rings is 1. The molecule has 0 aliphatic heterocycles. The Hall–Kier alpha value is -2.05. The highest BCUT2D eigenvalue weighted by atomic mass is 32.1. The number of hydrogen-bond donors (Lipinski definition) is 1. The Bertz CT molecular complexity index is 734. The first-order valence-electron chi connectivity index (χ1n) is 5.88. The third kappa shape index (κ3) is 2.76. The lowest BCUT2D eigenvalue weighted by atomic mass is 10.2. The Morgan fingerprint density at radius 1 is 1.30 bits per heavy atom. The molecular formula is C14H10N2O2S2. The SMILES string of the molecule is O=C(O)c1csc(-c2csc(Cc3cccnc3)n2)c1. The van der Waals surface area contributed by atoms with E-state index < -0.39 is 5.97 Å². The molecule has 0 aliphatic rings. The minimum atomic E-state index is -0.904. The quantitative estimate of drug-likeness (QED) is 0.800. The van der Waals surface area contributed by atoms with Gasteiger partial charge in [0.05, 0.1) is 21.1 Å². The van der Waals surface area contributed by atoms with E-state index >= 15 is 0 Å². The number of aromatic carboxylic acids is 1. The molecule has 0 unspecified atom stereocenters. The van der Waals surface area contributed by atoms with Crippen LogP contribution in [0.4, 0.5) is 0 Å². The zero-order valence-corrected chi connectivity index (χ0v) is 11.9. The van der Waals surface area contributed by atoms with Crippen LogP contribution in [0.2, 0.25) is 0 Å². The van der Waals surface area contributed by atoms with Gasteiger partial charge < -0.3 is 5.11 Å². The third-order valence-electron chi connectivity index (χ3n) is 2.73. The molecule has 0 fully saturated rings. The van der Waals surface area contributed by atoms with Gasteiger partial charge in [-0.05, 0) is 17.7 Å². The van der Waals surface area contributed by atoms with E-state index in [4.69, 9.17) is 5.11 Å². The fourth-order valence-corrected chi connectivity index (χ4v) is 3.51. The summed E-state index contributed by atoms with van der Waals surface area (Å²) >= 11 is 2.98. The summed E-state index contributed by atoms with van der Waals surface area (Å²) in [6, 6.07) is 5.58. The number of carboxylic acid groups (broad SMARTS) is 1. The molecule has 3 aromatic rings. The molecule has 1 N–H and O–H groups in total. The van der Waals surface area contributed by atoms with Crippen LogP contribution in [-0.2, 0) is 6.42 Å². The van der Waals surface area contributed by atoms with Gasteiger partial charge in [0.1, 0.15) is 0 Å². The van der Waals surface area contributed by atoms with Crippen molar-refractivity contribution in [2.45, 2.75) is 6.42 Å². The molecule has 4 nitrogen and oxygen atoms in total. The second kappa shape index (κ2) is 5.52. The van der Waals surface area contributed by atoms with E-state index in [2.05, 4.69) is 9.97 Å². The van der Waals surface area contributed by atoms with Crippen molar-refractivity contribution in [3.05, 3.63) is 57.5 Å². The second-order valence-corrected chi connectivity index (χ2v) is 6.02. The number of pyridine rings is 1. The summed E-state index contributed by atoms with van der Waals surface area (Å²) in [4.78, 5) is 20.4. The van der Waals surface area contributed by atoms with Gasteiger partial charge in [-0.15, -0.1) is 22.7 Å². The minimum absolute atomic E-state index is 0.312. The standard InChI is InChI=1S/C14H10N2O2S2/c17-14(18)10-5-12(19-7-10)11-8-20-13(16-11)4-9-2-1-3-15-6-9/h1-3,5-8H,4H2,(H,17,18). The molecule has 20 heavy (non-hydrogen) atoms. The summed E-state index contributed by atoms with van der Waals surface area (Å²) in [5.41, 5.74) is 2.27. The molecule has 3 rings (SSSR count). The number of carboxylic acids is 1. The smallest absolute Gasteiger partial charge is 0.336 e. The van der Waals surface area contributed by atoms with Gasteiger partial charge >= 0.3 is 5.97 Å². The predicted octanol–water partition coefficient (Wildman–Crippen LogP) is 3.56. The Balaban J connectivity index is 1.81. The number of carbonyl (C=O) groups is 1. The highest BCUT2D eigenvalue weighted by Crippen LogP contribution is 2.29. The van der Waals surface area contributed by atoms with Crippen molar-refractivity contribution >= 4 is 28.6 Å². The van der Waals surface area contributed by atoms with Crippen molar-refractivity contribution in [2.24, 2.45) is 0 Å². The highest BCUT2D eigenvalue weighted by molar-refractivity contribution is 7.14. The lowest BCUT2D eigenvalue weighted by molar-refractivity contribution is 0.0697. The van der Waals surface area contributed by atoms with Crippen LogP contribution in [0, 0.1) is 0 Å². The van der Waals surface area contributed by atoms with E-state index in [1.807, 2.05) is 23.7 Å². The predicted molar refractivity (Wildman–Crippen MR) is 79.4 cm³/mol. The molecule has 0 saturated carbocycles. The van der Waals surface area contributed by atoms with Gasteiger partial charge in [0.25, 0.3) is 0 Å². The molecule has 100 valence electrons. The molecule has 0 amide bonds. The zero-order valence-electron chi connectivity index (χ0n) is 10.3. The average Bonchev–Trinajstić information content (AvgIpc) is 3.08. The Morgan fingerprint density at radius 2 is 2.20 bits per heavy atom. The number of nitrogens with zero attached hydrogens (tertiary/aromatic N) is 2. The van der Waals surface area contributed by atoms with Crippen molar-refractivity contribution in [1.82, 2.24) is 9.97 Å². The first-order valence-corrected chi connectivity index (χ1v) is 7.64. The third-order valence-corrected chi connectivity index (χ3v) is 4.53. The van der Waals surface area contributed by atoms with Crippen molar-refractivity contribution < 1.29 is 9.90 Å². The van der Waals surface area contributed by atoms with Gasteiger partial charge in [-0.1, -0.05) is 6.07 Å². The van der Waals surface area contributed by atoms with Crippen LogP contribution >= 0.6 is 22.7 Å². The van der Waals surface area contributed by atoms with Crippen molar-refractivity contribution in [1.29, 1.82) is 0 Å². The van der Waals surface area contributed by atoms with Crippen LogP contribution < -0.4 is 0 Å². The summed E-state index contributed by atoms with van der Waals surface area (Å²) in [7, 11) is 0. The van der Waals surface area contributed by atoms with E-state index in [1.54, 1.807) is 29.0 Å². The molecule has 0 spiro atoms. The van der Waals surface area contributed by atoms with Crippen molar-refractivity contribution in [3.8, 4) is 10.6 Å². The maximum atomic E-state index is 10.9. The number of aromatic nitrogens is 2. The van der Waals surface area contributed by atoms with Crippen LogP contribution in [-0.4, -0.2) is 21.0 Å². The minimum Gasteiger partial charge on any atom is -0.478 e. The number of hydrogen-bond acceptors (Lipinski definition) is 5. The van der Waals surface area contributed by atoms with Crippen molar-refractivity contribution in [3.63, 3.8) is 0 Å². The van der Waals surface area contributed by atoms with Crippen LogP contribution in [0.3, 0.4) is 0 Å². The summed E-state index contributed by atoms with van der Waals surface area (Å²) in [5.74, 6) is -0.904. The van der Waals surface area contributed by atoms with Crippen LogP contribution in [0.1, 0.15) is 20.9 Å². The maximum absolute atomic E-state index is 10.9. The van der Waals surface area contributed by atoms with Gasteiger partial charge in [-0.25, -0.2) is 9.78 Å². The molecule has 0 saturated heterocycles. The van der Waals surface area contributed by atoms with Crippen LogP contribution in [0.5, 0.6) is 0 Å². The molecule has 6 heteroatoms. The van der Waals surface area contributed by atoms with Gasteiger partial charge in [0.2, 0.25) is 0 Å². The zero-order chi connectivity index (χ0) is 13.9. The Labute approximate surface area is 123 Å². The summed E-state index contributed by atoms with van der Waals surface area (Å²) < 4.78 is 0. The normalized spacial score (nSPS) is 10.6. The number of thiazole rings is 1. The van der Waals surface area contributed by atoms with Crippen LogP contribution in [0.25, 0.3) is 10.6 Å². The summed E-state index contributed by atoms with van der Waals surface area (Å²) in [6.07, 6.45) is 4.32. The summed E-state index contributed by atoms with van der Waals surface area (Å²) in [6.45, 7) is 0. The first kappa shape index (κ1) is 13.0. The molecule has 0 aliphatic carbocycles. The Morgan fingerprint density at radius 3 is 2.90 bits per heavy atom.